The van der Waals surface area contributed by atoms with Crippen molar-refractivity contribution in [2.24, 2.45) is 0 Å². The van der Waals surface area contributed by atoms with Gasteiger partial charge in [0.25, 0.3) is 0 Å². The van der Waals surface area contributed by atoms with E-state index >= 15 is 0 Å². The van der Waals surface area contributed by atoms with E-state index in [9.17, 15) is 0 Å². The quantitative estimate of drug-likeness (QED) is 0.349. The van der Waals surface area contributed by atoms with Crippen molar-refractivity contribution in [3.05, 3.63) is 0 Å². The summed E-state index contributed by atoms with van der Waals surface area (Å²) < 4.78 is 0. The van der Waals surface area contributed by atoms with Crippen molar-refractivity contribution in [2.75, 3.05) is 0 Å². The fourth-order valence-corrected chi connectivity index (χ4v) is 0. The Bertz CT molecular complexity index is 6.85. The van der Waals surface area contributed by atoms with Crippen LogP contribution in [0.5, 0.6) is 0 Å². The summed E-state index contributed by atoms with van der Waals surface area (Å²) in [6.07, 6.45) is 0. The van der Waals surface area contributed by atoms with Gasteiger partial charge in [-0.3, -0.25) is 0 Å². The van der Waals surface area contributed by atoms with Crippen LogP contribution in [0.4, 0.5) is 0 Å². The predicted molar refractivity (Wildman–Crippen MR) is 2.06 cm³/mol. The van der Waals surface area contributed by atoms with Crippen LogP contribution in [0.3, 0.4) is 0 Å². The first-order chi connectivity index (χ1) is 0. The summed E-state index contributed by atoms with van der Waals surface area (Å²) in [6.45, 7) is 0. The third-order valence-electron chi connectivity index (χ3n) is 0. The molecule has 3 nitrogen and oxygen atoms in total. The van der Waals surface area contributed by atoms with Gasteiger partial charge in [0.2, 0.25) is 0 Å². The van der Waals surface area contributed by atoms with Crippen LogP contribution in [-0.2, 0) is 38.8 Å². The molecule has 0 aromatic rings. The van der Waals surface area contributed by atoms with E-state index in [1.54, 1.807) is 0 Å². The van der Waals surface area contributed by atoms with Gasteiger partial charge in [-0.05, 0) is 0 Å². The predicted octanol–water partition coefficient (Wildman–Crippen LogP) is -3.35. The fourth-order valence-electron chi connectivity index (χ4n) is 0. The van der Waals surface area contributed by atoms with Crippen molar-refractivity contribution >= 4 is 0 Å². The molecule has 0 rings (SSSR count). The zero-order valence-corrected chi connectivity index (χ0v) is 7.99. The standard InChI is InChI=1S/K.Nb.3O/q+1;+5;3*-2. The van der Waals surface area contributed by atoms with Crippen molar-refractivity contribution < 1.29 is 90.2 Å². The second-order valence-electron chi connectivity index (χ2n) is 0. The third-order valence-corrected chi connectivity index (χ3v) is 0. The first kappa shape index (κ1) is 55.8. The summed E-state index contributed by atoms with van der Waals surface area (Å²) in [5.41, 5.74) is 0. The molecule has 0 unspecified atom stereocenters. The molecule has 0 amide bonds. The van der Waals surface area contributed by atoms with Gasteiger partial charge >= 0.3 is 73.8 Å². The molecule has 0 N–H and O–H groups in total. The Balaban J connectivity index is 0. The second-order valence-corrected chi connectivity index (χ2v) is 0. The molecule has 5 heteroatoms. The molecule has 0 bridgehead atoms. The van der Waals surface area contributed by atoms with Gasteiger partial charge in [0.1, 0.15) is 0 Å². The Morgan fingerprint density at radius 2 is 0.600 bits per heavy atom. The maximum absolute atomic E-state index is 0. The summed E-state index contributed by atoms with van der Waals surface area (Å²) in [5.74, 6) is 0. The second kappa shape index (κ2) is 33.9. The van der Waals surface area contributed by atoms with Crippen LogP contribution in [0.15, 0.2) is 0 Å². The van der Waals surface area contributed by atoms with E-state index in [4.69, 9.17) is 0 Å². The zero-order valence-electron chi connectivity index (χ0n) is 2.67. The summed E-state index contributed by atoms with van der Waals surface area (Å²) in [5, 5.41) is 0. The zero-order chi connectivity index (χ0) is 0. The maximum Gasteiger partial charge on any atom is 5.00 e. The first-order valence-electron chi connectivity index (χ1n) is 0. The molecule has 0 heterocycles. The minimum Gasteiger partial charge on any atom is -2.00 e. The monoisotopic (exact) mass is 180 g/mol. The van der Waals surface area contributed by atoms with Crippen molar-refractivity contribution in [2.45, 2.75) is 0 Å². The van der Waals surface area contributed by atoms with Crippen LogP contribution in [0.2, 0.25) is 0 Å². The van der Waals surface area contributed by atoms with Crippen molar-refractivity contribution in [3.63, 3.8) is 0 Å². The number of hydrogen-bond donors (Lipinski definition) is 0. The number of rotatable bonds is 0. The molecule has 0 aliphatic rings. The molecule has 0 aromatic carbocycles. The van der Waals surface area contributed by atoms with Crippen molar-refractivity contribution in [3.8, 4) is 0 Å². The SMILES string of the molecule is [K+].[Nb+5].[O-2].[O-2].[O-2]. The van der Waals surface area contributed by atoms with Gasteiger partial charge in [-0.1, -0.05) is 0 Å². The summed E-state index contributed by atoms with van der Waals surface area (Å²) in [6, 6.07) is 0. The molecule has 24 valence electrons. The van der Waals surface area contributed by atoms with Crippen LogP contribution in [0, 0.1) is 0 Å². The van der Waals surface area contributed by atoms with Gasteiger partial charge in [0, 0.05) is 0 Å². The molecule has 0 radical (unpaired) electrons. The van der Waals surface area contributed by atoms with Crippen LogP contribution in [0.25, 0.3) is 0 Å². The summed E-state index contributed by atoms with van der Waals surface area (Å²) in [4.78, 5) is 0. The first-order valence-corrected chi connectivity index (χ1v) is 0. The van der Waals surface area contributed by atoms with Crippen molar-refractivity contribution in [1.82, 2.24) is 0 Å². The van der Waals surface area contributed by atoms with E-state index in [1.165, 1.54) is 0 Å². The Morgan fingerprint density at radius 1 is 0.600 bits per heavy atom. The Hall–Kier alpha value is 2.26. The Morgan fingerprint density at radius 3 is 0.600 bits per heavy atom. The molecule has 5 heavy (non-hydrogen) atoms. The molecule has 0 aliphatic heterocycles. The third kappa shape index (κ3) is 22.3. The molecule has 0 atom stereocenters. The molecule has 0 saturated heterocycles. The van der Waals surface area contributed by atoms with Crippen LogP contribution in [0.1, 0.15) is 0 Å². The van der Waals surface area contributed by atoms with E-state index in [-0.39, 0.29) is 90.2 Å². The molecule has 0 aliphatic carbocycles. The average Bonchev–Trinajstić information content (AvgIpc) is 0. The van der Waals surface area contributed by atoms with Gasteiger partial charge in [-0.15, -0.1) is 0 Å². The van der Waals surface area contributed by atoms with E-state index in [1.807, 2.05) is 0 Å². The largest absolute Gasteiger partial charge is 5.00 e. The molecule has 0 spiro atoms. The molecular formula is KNbO3. The van der Waals surface area contributed by atoms with E-state index in [0.717, 1.165) is 0 Å². The van der Waals surface area contributed by atoms with Gasteiger partial charge in [-0.2, -0.15) is 0 Å². The molecule has 0 fully saturated rings. The van der Waals surface area contributed by atoms with E-state index < -0.39 is 0 Å². The maximum atomic E-state index is 0. The summed E-state index contributed by atoms with van der Waals surface area (Å²) >= 11 is 0. The Kier molecular flexibility index (Phi) is 379. The number of hydrogen-bond acceptors (Lipinski definition) is 0. The van der Waals surface area contributed by atoms with Gasteiger partial charge in [0.15, 0.2) is 0 Å². The average molecular weight is 180 g/mol. The minimum atomic E-state index is 0. The molecule has 0 aromatic heterocycles. The normalized spacial score (nSPS) is 0. The van der Waals surface area contributed by atoms with E-state index in [2.05, 4.69) is 0 Å². The smallest absolute Gasteiger partial charge is 2.00 e. The van der Waals surface area contributed by atoms with Crippen LogP contribution in [-0.4, -0.2) is 0 Å². The van der Waals surface area contributed by atoms with Gasteiger partial charge in [0.05, 0.1) is 0 Å². The van der Waals surface area contributed by atoms with Crippen LogP contribution < -0.4 is 51.4 Å². The van der Waals surface area contributed by atoms with Gasteiger partial charge < -0.3 is 16.4 Å². The Labute approximate surface area is 88.4 Å². The topological polar surface area (TPSA) is 85.5 Å². The summed E-state index contributed by atoms with van der Waals surface area (Å²) in [7, 11) is 0. The molecular weight excluding hydrogens is 180 g/mol. The van der Waals surface area contributed by atoms with E-state index in [0.29, 0.717) is 0 Å². The van der Waals surface area contributed by atoms with Gasteiger partial charge in [-0.25, -0.2) is 0 Å². The minimum absolute atomic E-state index is 0. The molecule has 0 saturated carbocycles. The van der Waals surface area contributed by atoms with Crippen LogP contribution >= 0.6 is 0 Å². The van der Waals surface area contributed by atoms with Crippen molar-refractivity contribution in [1.29, 1.82) is 0 Å². The fraction of sp³-hybridized carbons (Fsp3) is 0.